The molecule has 5 nitrogen and oxygen atoms in total. The molecule has 122 valence electrons. The summed E-state index contributed by atoms with van der Waals surface area (Å²) < 4.78 is 24.2. The van der Waals surface area contributed by atoms with Crippen molar-refractivity contribution in [1.82, 2.24) is 10.1 Å². The van der Waals surface area contributed by atoms with Crippen molar-refractivity contribution in [1.29, 1.82) is 0 Å². The van der Waals surface area contributed by atoms with Gasteiger partial charge in [0.2, 0.25) is 0 Å². The highest BCUT2D eigenvalue weighted by Gasteiger charge is 2.16. The lowest BCUT2D eigenvalue weighted by molar-refractivity contribution is 0.0463. The van der Waals surface area contributed by atoms with E-state index in [4.69, 9.17) is 9.26 Å². The minimum atomic E-state index is -0.505. The topological polar surface area (TPSA) is 65.2 Å². The molecule has 2 heterocycles. The summed E-state index contributed by atoms with van der Waals surface area (Å²) in [4.78, 5) is 15.9. The van der Waals surface area contributed by atoms with Crippen molar-refractivity contribution < 1.29 is 18.4 Å². The minimum Gasteiger partial charge on any atom is -0.455 e. The Morgan fingerprint density at radius 3 is 2.75 bits per heavy atom. The Morgan fingerprint density at radius 1 is 1.29 bits per heavy atom. The quantitative estimate of drug-likeness (QED) is 0.621. The SMILES string of the molecule is Cc1c(COC(=O)c2cncc(Br)c2)noc1-c1ccc(F)cc1. The van der Waals surface area contributed by atoms with Crippen LogP contribution in [0.1, 0.15) is 21.6 Å². The third-order valence-electron chi connectivity index (χ3n) is 3.41. The predicted octanol–water partition coefficient (Wildman–Crippen LogP) is 4.30. The van der Waals surface area contributed by atoms with E-state index >= 15 is 0 Å². The largest absolute Gasteiger partial charge is 0.455 e. The van der Waals surface area contributed by atoms with Crippen LogP contribution in [0.4, 0.5) is 4.39 Å². The average molecular weight is 391 g/mol. The first-order valence-electron chi connectivity index (χ1n) is 7.03. The number of halogens is 2. The van der Waals surface area contributed by atoms with E-state index in [1.54, 1.807) is 31.3 Å². The number of hydrogen-bond donors (Lipinski definition) is 0. The van der Waals surface area contributed by atoms with Crippen LogP contribution >= 0.6 is 15.9 Å². The molecule has 0 unspecified atom stereocenters. The Hall–Kier alpha value is -2.54. The van der Waals surface area contributed by atoms with Crippen LogP contribution in [-0.4, -0.2) is 16.1 Å². The lowest BCUT2D eigenvalue weighted by atomic mass is 10.1. The molecule has 0 N–H and O–H groups in total. The van der Waals surface area contributed by atoms with Gasteiger partial charge < -0.3 is 9.26 Å². The number of carbonyl (C=O) groups is 1. The van der Waals surface area contributed by atoms with Crippen molar-refractivity contribution in [3.8, 4) is 11.3 Å². The molecule has 0 fully saturated rings. The third-order valence-corrected chi connectivity index (χ3v) is 3.84. The number of aromatic nitrogens is 2. The van der Waals surface area contributed by atoms with E-state index < -0.39 is 5.97 Å². The third kappa shape index (κ3) is 3.51. The van der Waals surface area contributed by atoms with E-state index in [-0.39, 0.29) is 12.4 Å². The summed E-state index contributed by atoms with van der Waals surface area (Å²) in [6.07, 6.45) is 3.00. The van der Waals surface area contributed by atoms with Crippen LogP contribution in [-0.2, 0) is 11.3 Å². The first-order valence-corrected chi connectivity index (χ1v) is 7.82. The van der Waals surface area contributed by atoms with Gasteiger partial charge in [0.25, 0.3) is 0 Å². The van der Waals surface area contributed by atoms with Crippen molar-refractivity contribution >= 4 is 21.9 Å². The maximum Gasteiger partial charge on any atom is 0.340 e. The molecule has 0 atom stereocenters. The van der Waals surface area contributed by atoms with Crippen molar-refractivity contribution in [2.24, 2.45) is 0 Å². The van der Waals surface area contributed by atoms with Gasteiger partial charge in [0, 0.05) is 28.0 Å². The maximum absolute atomic E-state index is 13.0. The van der Waals surface area contributed by atoms with Gasteiger partial charge in [-0.1, -0.05) is 5.16 Å². The summed E-state index contributed by atoms with van der Waals surface area (Å²) in [7, 11) is 0. The number of carbonyl (C=O) groups excluding carboxylic acids is 1. The van der Waals surface area contributed by atoms with E-state index in [1.807, 2.05) is 0 Å². The summed E-state index contributed by atoms with van der Waals surface area (Å²) in [5.74, 6) is -0.313. The highest BCUT2D eigenvalue weighted by atomic mass is 79.9. The van der Waals surface area contributed by atoms with E-state index in [0.29, 0.717) is 27.1 Å². The number of esters is 1. The molecular weight excluding hydrogens is 379 g/mol. The summed E-state index contributed by atoms with van der Waals surface area (Å²) in [5, 5.41) is 3.93. The molecule has 0 spiro atoms. The highest BCUT2D eigenvalue weighted by Crippen LogP contribution is 2.26. The second-order valence-corrected chi connectivity index (χ2v) is 5.97. The van der Waals surface area contributed by atoms with E-state index in [9.17, 15) is 9.18 Å². The number of nitrogens with zero attached hydrogens (tertiary/aromatic N) is 2. The van der Waals surface area contributed by atoms with Gasteiger partial charge in [0.1, 0.15) is 18.1 Å². The maximum atomic E-state index is 13.0. The van der Waals surface area contributed by atoms with E-state index in [0.717, 1.165) is 5.56 Å². The Morgan fingerprint density at radius 2 is 2.04 bits per heavy atom. The fraction of sp³-hybridized carbons (Fsp3) is 0.118. The van der Waals surface area contributed by atoms with Crippen LogP contribution in [0.2, 0.25) is 0 Å². The van der Waals surface area contributed by atoms with Gasteiger partial charge >= 0.3 is 5.97 Å². The summed E-state index contributed by atoms with van der Waals surface area (Å²) in [5.41, 5.74) is 2.28. The summed E-state index contributed by atoms with van der Waals surface area (Å²) >= 11 is 3.25. The number of pyridine rings is 1. The Bertz CT molecular complexity index is 878. The molecule has 1 aromatic carbocycles. The molecule has 0 saturated carbocycles. The van der Waals surface area contributed by atoms with Crippen molar-refractivity contribution in [3.05, 3.63) is 69.8 Å². The molecule has 2 aromatic heterocycles. The molecule has 7 heteroatoms. The second kappa shape index (κ2) is 6.92. The van der Waals surface area contributed by atoms with Crippen molar-refractivity contribution in [2.75, 3.05) is 0 Å². The van der Waals surface area contributed by atoms with Gasteiger partial charge in [-0.15, -0.1) is 0 Å². The zero-order chi connectivity index (χ0) is 17.1. The molecular formula is C17H12BrFN2O3. The van der Waals surface area contributed by atoms with Gasteiger partial charge in [-0.05, 0) is 53.2 Å². The lowest BCUT2D eigenvalue weighted by Gasteiger charge is -2.03. The zero-order valence-electron chi connectivity index (χ0n) is 12.6. The fourth-order valence-corrected chi connectivity index (χ4v) is 2.48. The first kappa shape index (κ1) is 16.3. The minimum absolute atomic E-state index is 0.0259. The van der Waals surface area contributed by atoms with Crippen molar-refractivity contribution in [3.63, 3.8) is 0 Å². The first-order chi connectivity index (χ1) is 11.5. The fourth-order valence-electron chi connectivity index (χ4n) is 2.11. The van der Waals surface area contributed by atoms with E-state index in [1.165, 1.54) is 18.3 Å². The van der Waals surface area contributed by atoms with Crippen LogP contribution in [0.25, 0.3) is 11.3 Å². The average Bonchev–Trinajstić information content (AvgIpc) is 2.94. The standard InChI is InChI=1S/C17H12BrFN2O3/c1-10-15(9-23-17(22)12-6-13(18)8-20-7-12)21-24-16(10)11-2-4-14(19)5-3-11/h2-8H,9H2,1H3. The Balaban J connectivity index is 1.72. The molecule has 3 aromatic rings. The molecule has 0 bridgehead atoms. The zero-order valence-corrected chi connectivity index (χ0v) is 14.2. The van der Waals surface area contributed by atoms with Gasteiger partial charge in [-0.2, -0.15) is 0 Å². The van der Waals surface area contributed by atoms with Crippen LogP contribution in [0.15, 0.2) is 51.7 Å². The van der Waals surface area contributed by atoms with Crippen LogP contribution in [0, 0.1) is 12.7 Å². The number of benzene rings is 1. The molecule has 0 aliphatic rings. The normalized spacial score (nSPS) is 10.6. The summed E-state index contributed by atoms with van der Waals surface area (Å²) in [6, 6.07) is 7.51. The Kier molecular flexibility index (Phi) is 4.71. The molecule has 0 saturated heterocycles. The predicted molar refractivity (Wildman–Crippen MR) is 87.7 cm³/mol. The van der Waals surface area contributed by atoms with Crippen molar-refractivity contribution in [2.45, 2.75) is 13.5 Å². The van der Waals surface area contributed by atoms with Gasteiger partial charge in [0.15, 0.2) is 5.76 Å². The molecule has 0 amide bonds. The Labute approximate surface area is 145 Å². The van der Waals surface area contributed by atoms with Crippen LogP contribution in [0.3, 0.4) is 0 Å². The lowest BCUT2D eigenvalue weighted by Crippen LogP contribution is -2.06. The molecule has 0 radical (unpaired) electrons. The number of hydrogen-bond acceptors (Lipinski definition) is 5. The number of rotatable bonds is 4. The monoisotopic (exact) mass is 390 g/mol. The van der Waals surface area contributed by atoms with Gasteiger partial charge in [-0.25, -0.2) is 9.18 Å². The molecule has 3 rings (SSSR count). The van der Waals surface area contributed by atoms with Crippen LogP contribution < -0.4 is 0 Å². The second-order valence-electron chi connectivity index (χ2n) is 5.06. The van der Waals surface area contributed by atoms with Gasteiger partial charge in [-0.3, -0.25) is 4.98 Å². The highest BCUT2D eigenvalue weighted by molar-refractivity contribution is 9.10. The number of ether oxygens (including phenoxy) is 1. The smallest absolute Gasteiger partial charge is 0.340 e. The van der Waals surface area contributed by atoms with E-state index in [2.05, 4.69) is 26.1 Å². The van der Waals surface area contributed by atoms with Crippen LogP contribution in [0.5, 0.6) is 0 Å². The molecule has 24 heavy (non-hydrogen) atoms. The molecule has 0 aliphatic carbocycles. The molecule has 0 aliphatic heterocycles. The summed E-state index contributed by atoms with van der Waals surface area (Å²) in [6.45, 7) is 1.78. The van der Waals surface area contributed by atoms with Gasteiger partial charge in [0.05, 0.1) is 5.56 Å².